The van der Waals surface area contributed by atoms with E-state index in [4.69, 9.17) is 4.74 Å². The number of rotatable bonds is 12. The molecule has 5 nitrogen and oxygen atoms in total. The van der Waals surface area contributed by atoms with Gasteiger partial charge in [-0.3, -0.25) is 14.7 Å². The molecule has 3 saturated heterocycles. The Kier molecular flexibility index (Phi) is 10.1. The molecule has 2 aromatic carbocycles. The van der Waals surface area contributed by atoms with Crippen LogP contribution in [-0.2, 0) is 24.2 Å². The zero-order valence-electron chi connectivity index (χ0n) is 25.8. The molecule has 4 atom stereocenters. The van der Waals surface area contributed by atoms with Crippen LogP contribution in [0.1, 0.15) is 62.6 Å². The van der Waals surface area contributed by atoms with Gasteiger partial charge in [-0.15, -0.1) is 0 Å². The van der Waals surface area contributed by atoms with Gasteiger partial charge in [0.1, 0.15) is 0 Å². The summed E-state index contributed by atoms with van der Waals surface area (Å²) in [4.78, 5) is 10.9. The molecule has 0 bridgehead atoms. The van der Waals surface area contributed by atoms with Gasteiger partial charge in [0.15, 0.2) is 0 Å². The summed E-state index contributed by atoms with van der Waals surface area (Å²) in [5.41, 5.74) is 4.39. The molecule has 0 N–H and O–H groups in total. The van der Waals surface area contributed by atoms with Crippen LogP contribution in [0.25, 0.3) is 0 Å². The molecule has 4 fully saturated rings. The molecule has 1 aliphatic carbocycles. The van der Waals surface area contributed by atoms with E-state index >= 15 is 0 Å². The van der Waals surface area contributed by atoms with E-state index in [1.54, 1.807) is 0 Å². The van der Waals surface area contributed by atoms with E-state index in [1.807, 2.05) is 0 Å². The lowest BCUT2D eigenvalue weighted by Gasteiger charge is -2.45. The second-order valence-corrected chi connectivity index (χ2v) is 13.7. The van der Waals surface area contributed by atoms with Crippen LogP contribution >= 0.6 is 0 Å². The molecule has 3 aliphatic heterocycles. The van der Waals surface area contributed by atoms with Gasteiger partial charge in [0, 0.05) is 84.1 Å². The monoisotopic (exact) mass is 558 g/mol. The van der Waals surface area contributed by atoms with Crippen LogP contribution < -0.4 is 0 Å². The van der Waals surface area contributed by atoms with Crippen LogP contribution in [0, 0.1) is 11.8 Å². The van der Waals surface area contributed by atoms with E-state index in [1.165, 1.54) is 75.0 Å². The minimum Gasteiger partial charge on any atom is -0.377 e. The molecule has 3 heterocycles. The summed E-state index contributed by atoms with van der Waals surface area (Å²) in [5.74, 6) is 1.60. The SMILES string of the molecule is CC[C@@H]1CN(CC2CC2)CCN1Cc1ccc(CC(C)[C@H]2CN(C[C@@H]3CCCO3)CCN2Cc2ccccc2)cc1. The third-order valence-electron chi connectivity index (χ3n) is 10.3. The first-order chi connectivity index (χ1) is 20.1. The van der Waals surface area contributed by atoms with Gasteiger partial charge in [-0.1, -0.05) is 68.4 Å². The van der Waals surface area contributed by atoms with Crippen LogP contribution in [0.2, 0.25) is 0 Å². The van der Waals surface area contributed by atoms with Crippen molar-refractivity contribution < 1.29 is 4.74 Å². The fourth-order valence-electron chi connectivity index (χ4n) is 7.61. The normalized spacial score (nSPS) is 27.8. The molecule has 5 heteroatoms. The molecule has 4 aliphatic rings. The minimum atomic E-state index is 0.438. The van der Waals surface area contributed by atoms with E-state index in [0.717, 1.165) is 58.2 Å². The number of hydrogen-bond acceptors (Lipinski definition) is 5. The molecule has 6 rings (SSSR count). The minimum absolute atomic E-state index is 0.438. The standard InChI is InChI=1S/C36H54N4O/c1-3-34-26-37(23-32-15-16-32)17-19-39(34)24-33-13-11-30(12-14-33)22-29(2)36-28-38(27-35-10-7-21-41-35)18-20-40(36)25-31-8-5-4-6-9-31/h4-6,8-9,11-14,29,32,34-36H,3,7,10,15-28H2,1-2H3/t29?,34-,35+,36-/m1/s1. The Balaban J connectivity index is 1.06. The fourth-order valence-corrected chi connectivity index (χ4v) is 7.61. The van der Waals surface area contributed by atoms with Crippen molar-refractivity contribution in [1.29, 1.82) is 0 Å². The van der Waals surface area contributed by atoms with Gasteiger partial charge >= 0.3 is 0 Å². The van der Waals surface area contributed by atoms with Crippen molar-refractivity contribution in [3.63, 3.8) is 0 Å². The van der Waals surface area contributed by atoms with Gasteiger partial charge in [0.25, 0.3) is 0 Å². The number of ether oxygens (including phenoxy) is 1. The van der Waals surface area contributed by atoms with Gasteiger partial charge in [-0.2, -0.15) is 0 Å². The second kappa shape index (κ2) is 14.1. The Hall–Kier alpha value is -1.76. The van der Waals surface area contributed by atoms with Gasteiger partial charge in [0.05, 0.1) is 6.10 Å². The van der Waals surface area contributed by atoms with Crippen LogP contribution in [0.3, 0.4) is 0 Å². The highest BCUT2D eigenvalue weighted by atomic mass is 16.5. The Morgan fingerprint density at radius 3 is 2.15 bits per heavy atom. The summed E-state index contributed by atoms with van der Waals surface area (Å²) in [6.07, 6.45) is 8.20. The number of benzene rings is 2. The molecule has 1 saturated carbocycles. The van der Waals surface area contributed by atoms with Gasteiger partial charge in [-0.25, -0.2) is 0 Å². The van der Waals surface area contributed by atoms with Crippen LogP contribution in [0.15, 0.2) is 54.6 Å². The molecule has 0 radical (unpaired) electrons. The van der Waals surface area contributed by atoms with E-state index in [0.29, 0.717) is 24.1 Å². The third-order valence-corrected chi connectivity index (χ3v) is 10.3. The van der Waals surface area contributed by atoms with Crippen LogP contribution in [0.4, 0.5) is 0 Å². The van der Waals surface area contributed by atoms with E-state index in [-0.39, 0.29) is 0 Å². The quantitative estimate of drug-likeness (QED) is 0.340. The first-order valence-corrected chi connectivity index (χ1v) is 16.8. The van der Waals surface area contributed by atoms with Crippen molar-refractivity contribution in [2.24, 2.45) is 11.8 Å². The van der Waals surface area contributed by atoms with Crippen molar-refractivity contribution in [1.82, 2.24) is 19.6 Å². The molecule has 2 aromatic rings. The van der Waals surface area contributed by atoms with Gasteiger partial charge in [0.2, 0.25) is 0 Å². The largest absolute Gasteiger partial charge is 0.377 e. The average molecular weight is 559 g/mol. The number of nitrogens with zero attached hydrogens (tertiary/aromatic N) is 4. The summed E-state index contributed by atoms with van der Waals surface area (Å²) in [5, 5.41) is 0. The fraction of sp³-hybridized carbons (Fsp3) is 0.667. The van der Waals surface area contributed by atoms with Crippen molar-refractivity contribution >= 4 is 0 Å². The predicted molar refractivity (Wildman–Crippen MR) is 169 cm³/mol. The molecule has 0 spiro atoms. The highest BCUT2D eigenvalue weighted by Gasteiger charge is 2.33. The highest BCUT2D eigenvalue weighted by molar-refractivity contribution is 5.23. The summed E-state index contributed by atoms with van der Waals surface area (Å²) < 4.78 is 6.01. The van der Waals surface area contributed by atoms with Crippen LogP contribution in [-0.4, -0.2) is 96.8 Å². The second-order valence-electron chi connectivity index (χ2n) is 13.7. The van der Waals surface area contributed by atoms with Gasteiger partial charge < -0.3 is 9.64 Å². The van der Waals surface area contributed by atoms with Crippen LogP contribution in [0.5, 0.6) is 0 Å². The number of piperazine rings is 2. The smallest absolute Gasteiger partial charge is 0.0702 e. The van der Waals surface area contributed by atoms with E-state index in [2.05, 4.69) is 88.0 Å². The van der Waals surface area contributed by atoms with Crippen molar-refractivity contribution in [2.45, 2.75) is 83.6 Å². The summed E-state index contributed by atoms with van der Waals surface area (Å²) in [7, 11) is 0. The van der Waals surface area contributed by atoms with Crippen molar-refractivity contribution in [3.8, 4) is 0 Å². The Morgan fingerprint density at radius 2 is 1.44 bits per heavy atom. The van der Waals surface area contributed by atoms with Gasteiger partial charge in [-0.05, 0) is 67.1 Å². The molecule has 224 valence electrons. The lowest BCUT2D eigenvalue weighted by molar-refractivity contribution is 0.00871. The molecular formula is C36H54N4O. The summed E-state index contributed by atoms with van der Waals surface area (Å²) >= 11 is 0. The highest BCUT2D eigenvalue weighted by Crippen LogP contribution is 2.31. The van der Waals surface area contributed by atoms with E-state index in [9.17, 15) is 0 Å². The molecular weight excluding hydrogens is 504 g/mol. The average Bonchev–Trinajstić information content (AvgIpc) is 3.67. The Labute approximate surface area is 249 Å². The first kappa shape index (κ1) is 29.3. The molecule has 0 amide bonds. The first-order valence-electron chi connectivity index (χ1n) is 16.8. The predicted octanol–water partition coefficient (Wildman–Crippen LogP) is 5.54. The summed E-state index contributed by atoms with van der Waals surface area (Å²) in [6.45, 7) is 17.5. The Morgan fingerprint density at radius 1 is 0.756 bits per heavy atom. The van der Waals surface area contributed by atoms with Crippen molar-refractivity contribution in [2.75, 3.05) is 59.0 Å². The summed E-state index contributed by atoms with van der Waals surface area (Å²) in [6, 6.07) is 22.0. The van der Waals surface area contributed by atoms with E-state index < -0.39 is 0 Å². The molecule has 41 heavy (non-hydrogen) atoms. The molecule has 0 aromatic heterocycles. The lowest BCUT2D eigenvalue weighted by atomic mass is 9.90. The zero-order chi connectivity index (χ0) is 28.0. The maximum atomic E-state index is 6.01. The zero-order valence-corrected chi connectivity index (χ0v) is 25.8. The maximum Gasteiger partial charge on any atom is 0.0702 e. The third kappa shape index (κ3) is 8.20. The topological polar surface area (TPSA) is 22.2 Å². The van der Waals surface area contributed by atoms with Crippen molar-refractivity contribution in [3.05, 3.63) is 71.3 Å². The number of hydrogen-bond donors (Lipinski definition) is 0. The lowest BCUT2D eigenvalue weighted by Crippen LogP contribution is -2.56. The Bertz CT molecular complexity index is 1050. The maximum absolute atomic E-state index is 6.01. The molecule has 1 unspecified atom stereocenters.